The molecule has 100 valence electrons. The molecule has 6 nitrogen and oxygen atoms in total. The number of aromatic nitrogens is 3. The number of nitrogens with two attached hydrogens (primary N) is 1. The fraction of sp³-hybridized carbons (Fsp3) is 0.727. The molecule has 1 aliphatic heterocycles. The SMILES string of the molecule is CN1CCC(C)(CNc2nc(N)nc(Cl)n2)CC1. The van der Waals surface area contributed by atoms with Gasteiger partial charge in [-0.3, -0.25) is 0 Å². The van der Waals surface area contributed by atoms with E-state index in [-0.39, 0.29) is 16.6 Å². The maximum atomic E-state index is 5.74. The van der Waals surface area contributed by atoms with Crippen LogP contribution in [0.25, 0.3) is 0 Å². The van der Waals surface area contributed by atoms with Crippen molar-refractivity contribution in [2.75, 3.05) is 37.7 Å². The number of hydrogen-bond donors (Lipinski definition) is 2. The van der Waals surface area contributed by atoms with Crippen molar-refractivity contribution in [1.29, 1.82) is 0 Å². The van der Waals surface area contributed by atoms with Gasteiger partial charge in [0, 0.05) is 6.54 Å². The zero-order valence-corrected chi connectivity index (χ0v) is 11.5. The van der Waals surface area contributed by atoms with Crippen molar-refractivity contribution in [3.8, 4) is 0 Å². The van der Waals surface area contributed by atoms with Crippen molar-refractivity contribution in [3.63, 3.8) is 0 Å². The van der Waals surface area contributed by atoms with Gasteiger partial charge >= 0.3 is 0 Å². The van der Waals surface area contributed by atoms with Gasteiger partial charge in [0.2, 0.25) is 17.2 Å². The third-order valence-electron chi connectivity index (χ3n) is 3.49. The van der Waals surface area contributed by atoms with E-state index in [1.165, 1.54) is 0 Å². The molecule has 0 atom stereocenters. The number of anilines is 2. The molecule has 0 saturated carbocycles. The van der Waals surface area contributed by atoms with Gasteiger partial charge in [-0.25, -0.2) is 0 Å². The van der Waals surface area contributed by atoms with E-state index in [4.69, 9.17) is 17.3 Å². The largest absolute Gasteiger partial charge is 0.368 e. The van der Waals surface area contributed by atoms with Crippen molar-refractivity contribution < 1.29 is 0 Å². The summed E-state index contributed by atoms with van der Waals surface area (Å²) in [6.07, 6.45) is 2.32. The van der Waals surface area contributed by atoms with Crippen LogP contribution in [0.3, 0.4) is 0 Å². The summed E-state index contributed by atoms with van der Waals surface area (Å²) in [6, 6.07) is 0. The fourth-order valence-electron chi connectivity index (χ4n) is 2.07. The second-order valence-electron chi connectivity index (χ2n) is 5.25. The van der Waals surface area contributed by atoms with Crippen LogP contribution >= 0.6 is 11.6 Å². The summed E-state index contributed by atoms with van der Waals surface area (Å²) >= 11 is 5.74. The molecule has 1 saturated heterocycles. The Hall–Kier alpha value is -1.14. The molecule has 0 aromatic carbocycles. The molecule has 1 aromatic heterocycles. The number of nitrogens with one attached hydrogen (secondary N) is 1. The highest BCUT2D eigenvalue weighted by atomic mass is 35.5. The van der Waals surface area contributed by atoms with E-state index in [1.807, 2.05) is 0 Å². The van der Waals surface area contributed by atoms with Gasteiger partial charge in [-0.2, -0.15) is 15.0 Å². The highest BCUT2D eigenvalue weighted by molar-refractivity contribution is 6.28. The van der Waals surface area contributed by atoms with Crippen molar-refractivity contribution >= 4 is 23.5 Å². The molecule has 0 unspecified atom stereocenters. The minimum absolute atomic E-state index is 0.124. The summed E-state index contributed by atoms with van der Waals surface area (Å²) in [7, 11) is 2.15. The molecule has 7 heteroatoms. The average Bonchev–Trinajstić information content (AvgIpc) is 2.30. The maximum absolute atomic E-state index is 5.74. The number of nitrogens with zero attached hydrogens (tertiary/aromatic N) is 4. The van der Waals surface area contributed by atoms with Crippen LogP contribution in [-0.4, -0.2) is 46.5 Å². The Bertz CT molecular complexity index is 396. The first kappa shape index (κ1) is 13.3. The molecule has 0 aliphatic carbocycles. The summed E-state index contributed by atoms with van der Waals surface area (Å²) in [6.45, 7) is 5.34. The first-order valence-corrected chi connectivity index (χ1v) is 6.44. The lowest BCUT2D eigenvalue weighted by molar-refractivity contribution is 0.150. The van der Waals surface area contributed by atoms with Crippen LogP contribution in [0.4, 0.5) is 11.9 Å². The van der Waals surface area contributed by atoms with Crippen LogP contribution in [-0.2, 0) is 0 Å². The number of halogens is 1. The lowest BCUT2D eigenvalue weighted by atomic mass is 9.80. The lowest BCUT2D eigenvalue weighted by Gasteiger charge is -2.37. The summed E-state index contributed by atoms with van der Waals surface area (Å²) in [5, 5.41) is 3.33. The van der Waals surface area contributed by atoms with E-state index < -0.39 is 0 Å². The van der Waals surface area contributed by atoms with Gasteiger partial charge in [-0.1, -0.05) is 6.92 Å². The molecule has 0 radical (unpaired) electrons. The molecule has 0 bridgehead atoms. The first-order valence-electron chi connectivity index (χ1n) is 6.06. The fourth-order valence-corrected chi connectivity index (χ4v) is 2.24. The van der Waals surface area contributed by atoms with E-state index in [0.29, 0.717) is 5.95 Å². The lowest BCUT2D eigenvalue weighted by Crippen LogP contribution is -2.40. The van der Waals surface area contributed by atoms with Gasteiger partial charge in [0.25, 0.3) is 0 Å². The third kappa shape index (κ3) is 3.43. The Morgan fingerprint density at radius 2 is 2.00 bits per heavy atom. The maximum Gasteiger partial charge on any atom is 0.228 e. The molecule has 2 heterocycles. The van der Waals surface area contributed by atoms with Crippen LogP contribution in [0.15, 0.2) is 0 Å². The van der Waals surface area contributed by atoms with E-state index in [2.05, 4.69) is 39.1 Å². The Morgan fingerprint density at radius 3 is 2.61 bits per heavy atom. The number of likely N-dealkylation sites (tertiary alicyclic amines) is 1. The zero-order chi connectivity index (χ0) is 13.2. The molecular weight excluding hydrogens is 252 g/mol. The van der Waals surface area contributed by atoms with Crippen molar-refractivity contribution in [2.24, 2.45) is 5.41 Å². The van der Waals surface area contributed by atoms with Gasteiger partial charge < -0.3 is 16.0 Å². The van der Waals surface area contributed by atoms with Gasteiger partial charge in [0.1, 0.15) is 0 Å². The van der Waals surface area contributed by atoms with Gasteiger partial charge in [-0.15, -0.1) is 0 Å². The zero-order valence-electron chi connectivity index (χ0n) is 10.8. The highest BCUT2D eigenvalue weighted by Gasteiger charge is 2.28. The molecule has 0 spiro atoms. The summed E-state index contributed by atoms with van der Waals surface area (Å²) < 4.78 is 0. The summed E-state index contributed by atoms with van der Waals surface area (Å²) in [5.74, 6) is 0.596. The van der Waals surface area contributed by atoms with Crippen molar-refractivity contribution in [3.05, 3.63) is 5.28 Å². The molecule has 3 N–H and O–H groups in total. The van der Waals surface area contributed by atoms with Crippen LogP contribution in [0.1, 0.15) is 19.8 Å². The normalized spacial score (nSPS) is 19.7. The van der Waals surface area contributed by atoms with Crippen LogP contribution < -0.4 is 11.1 Å². The van der Waals surface area contributed by atoms with Gasteiger partial charge in [0.15, 0.2) is 0 Å². The monoisotopic (exact) mass is 270 g/mol. The number of piperidine rings is 1. The quantitative estimate of drug-likeness (QED) is 0.861. The number of rotatable bonds is 3. The average molecular weight is 271 g/mol. The van der Waals surface area contributed by atoms with Crippen molar-refractivity contribution in [1.82, 2.24) is 19.9 Å². The van der Waals surface area contributed by atoms with Crippen LogP contribution in [0.2, 0.25) is 5.28 Å². The Kier molecular flexibility index (Phi) is 3.87. The topological polar surface area (TPSA) is 80.0 Å². The predicted molar refractivity (Wildman–Crippen MR) is 72.6 cm³/mol. The van der Waals surface area contributed by atoms with E-state index in [1.54, 1.807) is 0 Å². The third-order valence-corrected chi connectivity index (χ3v) is 3.66. The molecular formula is C11H19ClN6. The Morgan fingerprint density at radius 1 is 1.33 bits per heavy atom. The van der Waals surface area contributed by atoms with Gasteiger partial charge in [-0.05, 0) is 50.0 Å². The smallest absolute Gasteiger partial charge is 0.228 e. The molecule has 18 heavy (non-hydrogen) atoms. The van der Waals surface area contributed by atoms with Gasteiger partial charge in [0.05, 0.1) is 0 Å². The van der Waals surface area contributed by atoms with E-state index in [0.717, 1.165) is 32.5 Å². The molecule has 0 amide bonds. The number of hydrogen-bond acceptors (Lipinski definition) is 6. The highest BCUT2D eigenvalue weighted by Crippen LogP contribution is 2.30. The molecule has 2 rings (SSSR count). The molecule has 1 aromatic rings. The second kappa shape index (κ2) is 5.24. The Labute approximate surface area is 112 Å². The Balaban J connectivity index is 1.94. The molecule has 1 aliphatic rings. The second-order valence-corrected chi connectivity index (χ2v) is 5.59. The van der Waals surface area contributed by atoms with Crippen LogP contribution in [0, 0.1) is 5.41 Å². The first-order chi connectivity index (χ1) is 8.47. The van der Waals surface area contributed by atoms with Crippen molar-refractivity contribution in [2.45, 2.75) is 19.8 Å². The minimum atomic E-state index is 0.124. The molecule has 1 fully saturated rings. The number of nitrogen functional groups attached to an aromatic ring is 1. The standard InChI is InChI=1S/C11H19ClN6/c1-11(3-5-18(2)6-4-11)7-14-10-16-8(12)15-9(13)17-10/h3-7H2,1-2H3,(H3,13,14,15,16,17). The summed E-state index contributed by atoms with van der Waals surface area (Å²) in [4.78, 5) is 14.1. The minimum Gasteiger partial charge on any atom is -0.368 e. The van der Waals surface area contributed by atoms with E-state index >= 15 is 0 Å². The predicted octanol–water partition coefficient (Wildman–Crippen LogP) is 1.25. The van der Waals surface area contributed by atoms with Crippen LogP contribution in [0.5, 0.6) is 0 Å². The summed E-state index contributed by atoms with van der Waals surface area (Å²) in [5.41, 5.74) is 5.79. The van der Waals surface area contributed by atoms with E-state index in [9.17, 15) is 0 Å².